The fraction of sp³-hybridized carbons (Fsp3) is 0.900. The minimum Gasteiger partial charge on any atom is -0.444 e. The second-order valence-corrected chi connectivity index (χ2v) is 8.78. The first-order chi connectivity index (χ1) is 12.6. The summed E-state index contributed by atoms with van der Waals surface area (Å²) in [6, 6.07) is 0.0626. The third kappa shape index (κ3) is 9.84. The van der Waals surface area contributed by atoms with E-state index in [9.17, 15) is 9.90 Å². The number of aliphatic hydroxyl groups excluding tert-OH is 1. The van der Waals surface area contributed by atoms with E-state index in [4.69, 9.17) is 9.73 Å². The van der Waals surface area contributed by atoms with Crippen LogP contribution in [0.1, 0.15) is 60.8 Å². The number of guanidine groups is 1. The molecule has 0 aromatic rings. The number of nitrogens with one attached hydrogen (secondary N) is 2. The Labute approximate surface area is 164 Å². The van der Waals surface area contributed by atoms with Crippen LogP contribution in [-0.2, 0) is 4.74 Å². The molecular formula is C20H40N4O3. The Balaban J connectivity index is 2.63. The summed E-state index contributed by atoms with van der Waals surface area (Å²) in [7, 11) is 0. The molecule has 0 radical (unpaired) electrons. The number of alkyl carbamates (subject to hydrolysis) is 1. The van der Waals surface area contributed by atoms with Gasteiger partial charge in [-0.25, -0.2) is 4.79 Å². The molecule has 158 valence electrons. The van der Waals surface area contributed by atoms with Gasteiger partial charge in [-0.15, -0.1) is 0 Å². The van der Waals surface area contributed by atoms with Crippen LogP contribution >= 0.6 is 0 Å². The maximum Gasteiger partial charge on any atom is 0.407 e. The number of hydrogen-bond acceptors (Lipinski definition) is 4. The molecule has 2 unspecified atom stereocenters. The van der Waals surface area contributed by atoms with Crippen LogP contribution in [0.3, 0.4) is 0 Å². The highest BCUT2D eigenvalue weighted by molar-refractivity contribution is 5.80. The highest BCUT2D eigenvalue weighted by Gasteiger charge is 2.28. The van der Waals surface area contributed by atoms with Crippen molar-refractivity contribution in [2.75, 3.05) is 32.8 Å². The molecule has 1 aliphatic heterocycles. The average Bonchev–Trinajstić information content (AvgIpc) is 2.97. The van der Waals surface area contributed by atoms with Crippen LogP contribution in [0.25, 0.3) is 0 Å². The number of rotatable bonds is 8. The summed E-state index contributed by atoms with van der Waals surface area (Å²) in [5, 5.41) is 15.6. The van der Waals surface area contributed by atoms with E-state index < -0.39 is 5.60 Å². The lowest BCUT2D eigenvalue weighted by molar-refractivity contribution is 0.0507. The molecule has 7 heteroatoms. The number of carbonyl (C=O) groups is 1. The van der Waals surface area contributed by atoms with Crippen LogP contribution < -0.4 is 10.6 Å². The summed E-state index contributed by atoms with van der Waals surface area (Å²) < 4.78 is 5.35. The Kier molecular flexibility index (Phi) is 9.91. The van der Waals surface area contributed by atoms with Crippen molar-refractivity contribution in [2.45, 2.75) is 72.4 Å². The third-order valence-corrected chi connectivity index (χ3v) is 4.38. The van der Waals surface area contributed by atoms with Gasteiger partial charge in [0.25, 0.3) is 0 Å². The van der Waals surface area contributed by atoms with E-state index in [-0.39, 0.29) is 18.7 Å². The highest BCUT2D eigenvalue weighted by atomic mass is 16.6. The van der Waals surface area contributed by atoms with Crippen LogP contribution in [-0.4, -0.2) is 66.5 Å². The Bertz CT molecular complexity index is 474. The second kappa shape index (κ2) is 11.4. The van der Waals surface area contributed by atoms with Gasteiger partial charge >= 0.3 is 6.09 Å². The molecule has 1 rings (SSSR count). The predicted octanol–water partition coefficient (Wildman–Crippen LogP) is 2.60. The Hall–Kier alpha value is -1.50. The van der Waals surface area contributed by atoms with E-state index in [0.29, 0.717) is 18.4 Å². The molecule has 1 aliphatic rings. The normalized spacial score (nSPS) is 19.3. The van der Waals surface area contributed by atoms with Gasteiger partial charge in [0.15, 0.2) is 5.96 Å². The predicted molar refractivity (Wildman–Crippen MR) is 110 cm³/mol. The standard InChI is InChI=1S/C20H40N4O3/c1-7-21-18(22-13-16(9-11-25)12-15(2)3)24-10-8-17(14-24)23-19(26)27-20(4,5)6/h15-17,25H,7-14H2,1-6H3,(H,21,22)(H,23,26). The van der Waals surface area contributed by atoms with Crippen molar-refractivity contribution >= 4 is 12.1 Å². The SMILES string of the molecule is CCNC(=NCC(CCO)CC(C)C)N1CCC(NC(=O)OC(C)(C)C)C1. The largest absolute Gasteiger partial charge is 0.444 e. The fourth-order valence-corrected chi connectivity index (χ4v) is 3.32. The van der Waals surface area contributed by atoms with Gasteiger partial charge in [-0.05, 0) is 58.8 Å². The lowest BCUT2D eigenvalue weighted by Gasteiger charge is -2.24. The second-order valence-electron chi connectivity index (χ2n) is 8.78. The molecule has 1 heterocycles. The highest BCUT2D eigenvalue weighted by Crippen LogP contribution is 2.17. The van der Waals surface area contributed by atoms with E-state index in [0.717, 1.165) is 44.9 Å². The zero-order chi connectivity index (χ0) is 20.4. The van der Waals surface area contributed by atoms with Crippen molar-refractivity contribution in [2.24, 2.45) is 16.8 Å². The quantitative estimate of drug-likeness (QED) is 0.442. The lowest BCUT2D eigenvalue weighted by Crippen LogP contribution is -2.44. The first kappa shape index (κ1) is 23.5. The number of nitrogens with zero attached hydrogens (tertiary/aromatic N) is 2. The molecule has 0 saturated carbocycles. The molecule has 1 amide bonds. The topological polar surface area (TPSA) is 86.2 Å². The van der Waals surface area contributed by atoms with Gasteiger partial charge in [0.05, 0.1) is 6.04 Å². The first-order valence-electron chi connectivity index (χ1n) is 10.3. The van der Waals surface area contributed by atoms with Crippen LogP contribution in [0, 0.1) is 11.8 Å². The molecule has 0 aromatic heterocycles. The molecule has 0 aliphatic carbocycles. The zero-order valence-corrected chi connectivity index (χ0v) is 18.0. The number of aliphatic imine (C=N–C) groups is 1. The number of likely N-dealkylation sites (tertiary alicyclic amines) is 1. The summed E-state index contributed by atoms with van der Waals surface area (Å²) >= 11 is 0. The Morgan fingerprint density at radius 1 is 1.37 bits per heavy atom. The Morgan fingerprint density at radius 3 is 2.63 bits per heavy atom. The lowest BCUT2D eigenvalue weighted by atomic mass is 9.94. The number of amides is 1. The minimum absolute atomic E-state index is 0.0626. The van der Waals surface area contributed by atoms with Gasteiger partial charge in [0, 0.05) is 32.8 Å². The van der Waals surface area contributed by atoms with Crippen LogP contribution in [0.15, 0.2) is 4.99 Å². The Morgan fingerprint density at radius 2 is 2.07 bits per heavy atom. The third-order valence-electron chi connectivity index (χ3n) is 4.38. The van der Waals surface area contributed by atoms with Crippen molar-refractivity contribution in [3.8, 4) is 0 Å². The van der Waals surface area contributed by atoms with E-state index in [1.165, 1.54) is 0 Å². The van der Waals surface area contributed by atoms with Gasteiger partial charge < -0.3 is 25.4 Å². The molecule has 2 atom stereocenters. The molecule has 7 nitrogen and oxygen atoms in total. The van der Waals surface area contributed by atoms with Crippen LogP contribution in [0.5, 0.6) is 0 Å². The van der Waals surface area contributed by atoms with Crippen LogP contribution in [0.2, 0.25) is 0 Å². The van der Waals surface area contributed by atoms with Crippen LogP contribution in [0.4, 0.5) is 4.79 Å². The smallest absolute Gasteiger partial charge is 0.407 e. The van der Waals surface area contributed by atoms with Gasteiger partial charge in [-0.3, -0.25) is 4.99 Å². The van der Waals surface area contributed by atoms with Crippen molar-refractivity contribution in [1.29, 1.82) is 0 Å². The van der Waals surface area contributed by atoms with E-state index in [2.05, 4.69) is 36.3 Å². The molecule has 0 bridgehead atoms. The van der Waals surface area contributed by atoms with Crippen molar-refractivity contribution in [3.05, 3.63) is 0 Å². The number of aliphatic hydroxyl groups is 1. The van der Waals surface area contributed by atoms with Crippen molar-refractivity contribution in [1.82, 2.24) is 15.5 Å². The van der Waals surface area contributed by atoms with E-state index in [1.807, 2.05) is 20.8 Å². The average molecular weight is 385 g/mol. The monoisotopic (exact) mass is 384 g/mol. The summed E-state index contributed by atoms with van der Waals surface area (Å²) in [6.07, 6.45) is 2.35. The molecule has 1 fully saturated rings. The number of carbonyl (C=O) groups excluding carboxylic acids is 1. The van der Waals surface area contributed by atoms with Crippen molar-refractivity contribution in [3.63, 3.8) is 0 Å². The van der Waals surface area contributed by atoms with E-state index >= 15 is 0 Å². The first-order valence-corrected chi connectivity index (χ1v) is 10.3. The van der Waals surface area contributed by atoms with Crippen molar-refractivity contribution < 1.29 is 14.6 Å². The molecule has 27 heavy (non-hydrogen) atoms. The zero-order valence-electron chi connectivity index (χ0n) is 18.0. The maximum absolute atomic E-state index is 12.0. The molecular weight excluding hydrogens is 344 g/mol. The van der Waals surface area contributed by atoms with Gasteiger partial charge in [-0.2, -0.15) is 0 Å². The molecule has 0 aromatic carbocycles. The molecule has 1 saturated heterocycles. The molecule has 0 spiro atoms. The number of hydrogen-bond donors (Lipinski definition) is 3. The maximum atomic E-state index is 12.0. The van der Waals surface area contributed by atoms with Gasteiger partial charge in [0.1, 0.15) is 5.60 Å². The van der Waals surface area contributed by atoms with Gasteiger partial charge in [-0.1, -0.05) is 13.8 Å². The summed E-state index contributed by atoms with van der Waals surface area (Å²) in [6.45, 7) is 15.3. The molecule has 3 N–H and O–H groups in total. The fourth-order valence-electron chi connectivity index (χ4n) is 3.32. The van der Waals surface area contributed by atoms with E-state index in [1.54, 1.807) is 0 Å². The summed E-state index contributed by atoms with van der Waals surface area (Å²) in [4.78, 5) is 19.0. The summed E-state index contributed by atoms with van der Waals surface area (Å²) in [5.74, 6) is 1.87. The minimum atomic E-state index is -0.489. The van der Waals surface area contributed by atoms with Gasteiger partial charge in [0.2, 0.25) is 0 Å². The number of ether oxygens (including phenoxy) is 1. The summed E-state index contributed by atoms with van der Waals surface area (Å²) in [5.41, 5.74) is -0.489.